The summed E-state index contributed by atoms with van der Waals surface area (Å²) in [5.41, 5.74) is -0.133. The Hall–Kier alpha value is -1.88. The number of benzene rings is 1. The van der Waals surface area contributed by atoms with Gasteiger partial charge in [0.15, 0.2) is 0 Å². The number of halogens is 1. The van der Waals surface area contributed by atoms with Gasteiger partial charge in [-0.1, -0.05) is 17.7 Å². The SMILES string of the molecule is O=C(O)C=Cc1cccc(Cl)c1[N+](=O)[O-]. The Labute approximate surface area is 89.7 Å². The van der Waals surface area contributed by atoms with E-state index in [4.69, 9.17) is 16.7 Å². The summed E-state index contributed by atoms with van der Waals surface area (Å²) >= 11 is 5.62. The third-order valence-electron chi connectivity index (χ3n) is 1.61. The predicted octanol–water partition coefficient (Wildman–Crippen LogP) is 2.35. The van der Waals surface area contributed by atoms with Gasteiger partial charge >= 0.3 is 5.97 Å². The Kier molecular flexibility index (Phi) is 3.41. The molecule has 0 aliphatic carbocycles. The van der Waals surface area contributed by atoms with Crippen molar-refractivity contribution >= 4 is 29.3 Å². The van der Waals surface area contributed by atoms with E-state index in [1.165, 1.54) is 18.2 Å². The number of nitrogens with zero attached hydrogens (tertiary/aromatic N) is 1. The second-order valence-corrected chi connectivity index (χ2v) is 3.01. The van der Waals surface area contributed by atoms with Gasteiger partial charge in [0.1, 0.15) is 5.02 Å². The van der Waals surface area contributed by atoms with Crippen LogP contribution in [0.3, 0.4) is 0 Å². The maximum atomic E-state index is 10.6. The van der Waals surface area contributed by atoms with Crippen LogP contribution >= 0.6 is 11.6 Å². The molecule has 0 heterocycles. The van der Waals surface area contributed by atoms with Gasteiger partial charge in [-0.25, -0.2) is 4.79 Å². The topological polar surface area (TPSA) is 80.4 Å². The summed E-state index contributed by atoms with van der Waals surface area (Å²) in [5.74, 6) is -1.18. The molecule has 0 amide bonds. The number of nitro benzene ring substituents is 1. The molecule has 0 spiro atoms. The molecule has 15 heavy (non-hydrogen) atoms. The highest BCUT2D eigenvalue weighted by atomic mass is 35.5. The second-order valence-electron chi connectivity index (χ2n) is 2.61. The van der Waals surface area contributed by atoms with E-state index in [-0.39, 0.29) is 16.3 Å². The number of nitro groups is 1. The molecule has 0 saturated carbocycles. The molecule has 1 aromatic carbocycles. The van der Waals surface area contributed by atoms with Gasteiger partial charge in [0.2, 0.25) is 0 Å². The van der Waals surface area contributed by atoms with E-state index in [2.05, 4.69) is 0 Å². The summed E-state index contributed by atoms with van der Waals surface area (Å²) in [6.07, 6.45) is 1.95. The Balaban J connectivity index is 3.23. The molecule has 5 nitrogen and oxygen atoms in total. The van der Waals surface area contributed by atoms with Crippen LogP contribution in [0.2, 0.25) is 5.02 Å². The fourth-order valence-corrected chi connectivity index (χ4v) is 1.27. The zero-order valence-corrected chi connectivity index (χ0v) is 8.14. The Bertz CT molecular complexity index is 442. The summed E-state index contributed by atoms with van der Waals surface area (Å²) in [6.45, 7) is 0. The van der Waals surface area contributed by atoms with Gasteiger partial charge in [-0.15, -0.1) is 0 Å². The molecule has 1 rings (SSSR count). The zero-order valence-electron chi connectivity index (χ0n) is 7.38. The Morgan fingerprint density at radius 3 is 2.73 bits per heavy atom. The first-order valence-corrected chi connectivity index (χ1v) is 4.24. The van der Waals surface area contributed by atoms with Gasteiger partial charge in [-0.2, -0.15) is 0 Å². The maximum Gasteiger partial charge on any atom is 0.328 e. The minimum atomic E-state index is -1.18. The molecule has 0 radical (unpaired) electrons. The van der Waals surface area contributed by atoms with Crippen LogP contribution < -0.4 is 0 Å². The third-order valence-corrected chi connectivity index (χ3v) is 1.91. The molecule has 0 aliphatic heterocycles. The lowest BCUT2D eigenvalue weighted by molar-refractivity contribution is -0.384. The molecule has 78 valence electrons. The highest BCUT2D eigenvalue weighted by molar-refractivity contribution is 6.33. The van der Waals surface area contributed by atoms with Gasteiger partial charge in [-0.05, 0) is 18.2 Å². The van der Waals surface area contributed by atoms with Crippen molar-refractivity contribution in [2.45, 2.75) is 0 Å². The molecular formula is C9H6ClNO4. The Morgan fingerprint density at radius 1 is 1.53 bits per heavy atom. The number of carbonyl (C=O) groups is 1. The van der Waals surface area contributed by atoms with Crippen molar-refractivity contribution in [3.8, 4) is 0 Å². The van der Waals surface area contributed by atoms with Crippen LogP contribution in [0.5, 0.6) is 0 Å². The number of hydrogen-bond donors (Lipinski definition) is 1. The quantitative estimate of drug-likeness (QED) is 0.488. The van der Waals surface area contributed by atoms with Crippen molar-refractivity contribution in [3.63, 3.8) is 0 Å². The average molecular weight is 228 g/mol. The molecule has 0 aromatic heterocycles. The summed E-state index contributed by atoms with van der Waals surface area (Å²) in [4.78, 5) is 20.2. The standard InChI is InChI=1S/C9H6ClNO4/c10-7-3-1-2-6(4-5-8(12)13)9(7)11(14)15/h1-5H,(H,12,13). The van der Waals surface area contributed by atoms with Crippen molar-refractivity contribution in [2.24, 2.45) is 0 Å². The van der Waals surface area contributed by atoms with Crippen LogP contribution in [-0.2, 0) is 4.79 Å². The first-order chi connectivity index (χ1) is 7.02. The third kappa shape index (κ3) is 2.78. The van der Waals surface area contributed by atoms with Crippen molar-refractivity contribution in [2.75, 3.05) is 0 Å². The van der Waals surface area contributed by atoms with Crippen LogP contribution in [0.15, 0.2) is 24.3 Å². The fourth-order valence-electron chi connectivity index (χ4n) is 1.02. The fraction of sp³-hybridized carbons (Fsp3) is 0. The van der Waals surface area contributed by atoms with E-state index in [1.807, 2.05) is 0 Å². The van der Waals surface area contributed by atoms with Crippen molar-refractivity contribution in [3.05, 3.63) is 45.0 Å². The lowest BCUT2D eigenvalue weighted by atomic mass is 10.1. The van der Waals surface area contributed by atoms with Gasteiger partial charge in [0.05, 0.1) is 10.5 Å². The summed E-state index contributed by atoms with van der Waals surface area (Å²) in [6, 6.07) is 4.30. The molecule has 0 saturated heterocycles. The maximum absolute atomic E-state index is 10.6. The van der Waals surface area contributed by atoms with E-state index < -0.39 is 10.9 Å². The van der Waals surface area contributed by atoms with E-state index in [1.54, 1.807) is 0 Å². The first-order valence-electron chi connectivity index (χ1n) is 3.86. The predicted molar refractivity (Wildman–Crippen MR) is 54.8 cm³/mol. The monoisotopic (exact) mass is 227 g/mol. The van der Waals surface area contributed by atoms with E-state index in [0.717, 1.165) is 12.2 Å². The molecule has 1 aromatic rings. The number of para-hydroxylation sites is 1. The van der Waals surface area contributed by atoms with Crippen LogP contribution in [0.25, 0.3) is 6.08 Å². The minimum absolute atomic E-state index is 0.0208. The minimum Gasteiger partial charge on any atom is -0.478 e. The van der Waals surface area contributed by atoms with E-state index >= 15 is 0 Å². The highest BCUT2D eigenvalue weighted by Crippen LogP contribution is 2.28. The summed E-state index contributed by atoms with van der Waals surface area (Å²) in [5, 5.41) is 19.0. The number of rotatable bonds is 3. The molecule has 0 atom stereocenters. The molecular weight excluding hydrogens is 222 g/mol. The lowest BCUT2D eigenvalue weighted by Crippen LogP contribution is -1.93. The number of aliphatic carboxylic acids is 1. The molecule has 0 bridgehead atoms. The van der Waals surface area contributed by atoms with Crippen LogP contribution in [0, 0.1) is 10.1 Å². The normalized spacial score (nSPS) is 10.5. The first kappa shape index (κ1) is 11.2. The molecule has 0 fully saturated rings. The van der Waals surface area contributed by atoms with Crippen molar-refractivity contribution in [1.29, 1.82) is 0 Å². The molecule has 0 aliphatic rings. The van der Waals surface area contributed by atoms with Crippen LogP contribution in [-0.4, -0.2) is 16.0 Å². The van der Waals surface area contributed by atoms with Crippen molar-refractivity contribution in [1.82, 2.24) is 0 Å². The van der Waals surface area contributed by atoms with Gasteiger partial charge in [0.25, 0.3) is 5.69 Å². The largest absolute Gasteiger partial charge is 0.478 e. The number of carboxylic acids is 1. The van der Waals surface area contributed by atoms with Gasteiger partial charge in [0, 0.05) is 6.08 Å². The van der Waals surface area contributed by atoms with Gasteiger partial charge < -0.3 is 5.11 Å². The second kappa shape index (κ2) is 4.56. The summed E-state index contributed by atoms with van der Waals surface area (Å²) in [7, 11) is 0. The average Bonchev–Trinajstić information content (AvgIpc) is 2.13. The zero-order chi connectivity index (χ0) is 11.4. The van der Waals surface area contributed by atoms with Crippen LogP contribution in [0.4, 0.5) is 5.69 Å². The number of carboxylic acid groups (broad SMARTS) is 1. The smallest absolute Gasteiger partial charge is 0.328 e. The summed E-state index contributed by atoms with van der Waals surface area (Å²) < 4.78 is 0. The molecule has 0 unspecified atom stereocenters. The van der Waals surface area contributed by atoms with Crippen molar-refractivity contribution < 1.29 is 14.8 Å². The van der Waals surface area contributed by atoms with E-state index in [9.17, 15) is 14.9 Å². The Morgan fingerprint density at radius 2 is 2.20 bits per heavy atom. The van der Waals surface area contributed by atoms with Gasteiger partial charge in [-0.3, -0.25) is 10.1 Å². The van der Waals surface area contributed by atoms with Crippen LogP contribution in [0.1, 0.15) is 5.56 Å². The number of hydrogen-bond acceptors (Lipinski definition) is 3. The molecule has 1 N–H and O–H groups in total. The lowest BCUT2D eigenvalue weighted by Gasteiger charge is -1.98. The molecule has 6 heteroatoms. The van der Waals surface area contributed by atoms with E-state index in [0.29, 0.717) is 0 Å². The highest BCUT2D eigenvalue weighted by Gasteiger charge is 2.16.